The molecule has 0 aliphatic heterocycles. The molecule has 0 N–H and O–H groups in total. The van der Waals surface area contributed by atoms with Crippen LogP contribution >= 0.6 is 15.9 Å². The molecule has 1 atom stereocenters. The van der Waals surface area contributed by atoms with Crippen LogP contribution in [0.1, 0.15) is 11.7 Å². The Balaban J connectivity index is 2.61. The molecule has 0 aromatic heterocycles. The first-order valence-corrected chi connectivity index (χ1v) is 5.82. The molecule has 1 aromatic rings. The number of ether oxygens (including phenoxy) is 2. The topological polar surface area (TPSA) is 18.5 Å². The average molecular weight is 277 g/mol. The fourth-order valence-electron chi connectivity index (χ4n) is 1.23. The fourth-order valence-corrected chi connectivity index (χ4v) is 1.76. The molecule has 0 fully saturated rings. The highest BCUT2D eigenvalue weighted by molar-refractivity contribution is 9.09. The van der Waals surface area contributed by atoms with Gasteiger partial charge in [-0.15, -0.1) is 0 Å². The summed E-state index contributed by atoms with van der Waals surface area (Å²) >= 11 is 3.31. The second-order valence-corrected chi connectivity index (χ2v) is 3.68. The number of benzene rings is 1. The number of alkyl halides is 1. The summed E-state index contributed by atoms with van der Waals surface area (Å²) in [7, 11) is 1.61. The van der Waals surface area contributed by atoms with Gasteiger partial charge in [-0.05, 0) is 6.07 Å². The zero-order chi connectivity index (χ0) is 11.1. The van der Waals surface area contributed by atoms with Crippen LogP contribution in [0.3, 0.4) is 0 Å². The van der Waals surface area contributed by atoms with Crippen molar-refractivity contribution in [2.75, 3.05) is 25.7 Å². The maximum absolute atomic E-state index is 13.4. The molecule has 1 rings (SSSR count). The van der Waals surface area contributed by atoms with Crippen molar-refractivity contribution in [1.82, 2.24) is 0 Å². The lowest BCUT2D eigenvalue weighted by atomic mass is 10.1. The van der Waals surface area contributed by atoms with Crippen molar-refractivity contribution in [3.05, 3.63) is 35.6 Å². The van der Waals surface area contributed by atoms with Crippen molar-refractivity contribution < 1.29 is 13.9 Å². The second-order valence-electron chi connectivity index (χ2n) is 3.03. The molecule has 0 saturated heterocycles. The van der Waals surface area contributed by atoms with Crippen LogP contribution in [-0.4, -0.2) is 25.7 Å². The van der Waals surface area contributed by atoms with Crippen LogP contribution in [0.5, 0.6) is 0 Å². The summed E-state index contributed by atoms with van der Waals surface area (Å²) in [6, 6.07) is 6.63. The Morgan fingerprint density at radius 3 is 2.67 bits per heavy atom. The lowest BCUT2D eigenvalue weighted by molar-refractivity contribution is 0.0269. The summed E-state index contributed by atoms with van der Waals surface area (Å²) in [5, 5.41) is 0.567. The Kier molecular flexibility index (Phi) is 5.83. The van der Waals surface area contributed by atoms with E-state index in [0.717, 1.165) is 0 Å². The van der Waals surface area contributed by atoms with Crippen LogP contribution in [0.25, 0.3) is 0 Å². The minimum atomic E-state index is -0.263. The molecular formula is C11H14BrFO2. The van der Waals surface area contributed by atoms with Crippen LogP contribution in [0.2, 0.25) is 0 Å². The molecule has 2 nitrogen and oxygen atoms in total. The number of hydrogen-bond donors (Lipinski definition) is 0. The van der Waals surface area contributed by atoms with E-state index in [1.54, 1.807) is 25.3 Å². The van der Waals surface area contributed by atoms with Crippen molar-refractivity contribution in [2.24, 2.45) is 0 Å². The molecule has 0 radical (unpaired) electrons. The van der Waals surface area contributed by atoms with E-state index in [0.29, 0.717) is 24.1 Å². The Morgan fingerprint density at radius 2 is 2.07 bits per heavy atom. The number of halogens is 2. The van der Waals surface area contributed by atoms with Crippen molar-refractivity contribution >= 4 is 15.9 Å². The van der Waals surface area contributed by atoms with Gasteiger partial charge in [0.2, 0.25) is 0 Å². The van der Waals surface area contributed by atoms with E-state index in [1.165, 1.54) is 6.07 Å². The molecule has 4 heteroatoms. The van der Waals surface area contributed by atoms with Crippen molar-refractivity contribution in [3.63, 3.8) is 0 Å². The van der Waals surface area contributed by atoms with Crippen LogP contribution in [-0.2, 0) is 9.47 Å². The molecule has 84 valence electrons. The van der Waals surface area contributed by atoms with Gasteiger partial charge in [0.25, 0.3) is 0 Å². The third-order valence-corrected chi connectivity index (χ3v) is 2.59. The molecule has 0 spiro atoms. The van der Waals surface area contributed by atoms with E-state index in [9.17, 15) is 4.39 Å². The maximum Gasteiger partial charge on any atom is 0.129 e. The highest BCUT2D eigenvalue weighted by Gasteiger charge is 2.14. The van der Waals surface area contributed by atoms with Crippen molar-refractivity contribution in [1.29, 1.82) is 0 Å². The van der Waals surface area contributed by atoms with E-state index in [-0.39, 0.29) is 11.9 Å². The first-order chi connectivity index (χ1) is 7.29. The van der Waals surface area contributed by atoms with Gasteiger partial charge < -0.3 is 9.47 Å². The Labute approximate surface area is 97.5 Å². The summed E-state index contributed by atoms with van der Waals surface area (Å²) in [5.74, 6) is -0.237. The molecule has 0 aliphatic carbocycles. The third kappa shape index (κ3) is 3.89. The Morgan fingerprint density at radius 1 is 1.33 bits per heavy atom. The Bertz CT molecular complexity index is 294. The standard InChI is InChI=1S/C11H14BrFO2/c1-14-6-7-15-11(8-12)9-4-2-3-5-10(9)13/h2-5,11H,6-8H2,1H3. The summed E-state index contributed by atoms with van der Waals surface area (Å²) in [6.45, 7) is 0.971. The molecule has 1 unspecified atom stereocenters. The van der Waals surface area contributed by atoms with E-state index < -0.39 is 0 Å². The van der Waals surface area contributed by atoms with Gasteiger partial charge in [-0.25, -0.2) is 4.39 Å². The molecule has 0 amide bonds. The SMILES string of the molecule is COCCOC(CBr)c1ccccc1F. The zero-order valence-corrected chi connectivity index (χ0v) is 10.2. The van der Waals surface area contributed by atoms with E-state index in [4.69, 9.17) is 9.47 Å². The average Bonchev–Trinajstić information content (AvgIpc) is 2.26. The number of methoxy groups -OCH3 is 1. The number of rotatable bonds is 6. The molecular weight excluding hydrogens is 263 g/mol. The molecule has 0 aliphatic rings. The van der Waals surface area contributed by atoms with E-state index >= 15 is 0 Å². The first-order valence-electron chi connectivity index (χ1n) is 4.70. The maximum atomic E-state index is 13.4. The summed E-state index contributed by atoms with van der Waals surface area (Å²) in [6.07, 6.45) is -0.263. The van der Waals surface area contributed by atoms with Gasteiger partial charge in [-0.1, -0.05) is 34.1 Å². The van der Waals surface area contributed by atoms with Crippen LogP contribution in [0.4, 0.5) is 4.39 Å². The highest BCUT2D eigenvalue weighted by Crippen LogP contribution is 2.22. The predicted molar refractivity (Wildman–Crippen MR) is 60.8 cm³/mol. The van der Waals surface area contributed by atoms with Crippen molar-refractivity contribution in [2.45, 2.75) is 6.10 Å². The van der Waals surface area contributed by atoms with E-state index in [1.807, 2.05) is 0 Å². The lowest BCUT2D eigenvalue weighted by Gasteiger charge is -2.16. The molecule has 0 bridgehead atoms. The molecule has 1 aromatic carbocycles. The van der Waals surface area contributed by atoms with Gasteiger partial charge in [0.05, 0.1) is 19.3 Å². The summed E-state index contributed by atoms with van der Waals surface area (Å²) < 4.78 is 23.8. The first kappa shape index (κ1) is 12.6. The van der Waals surface area contributed by atoms with Gasteiger partial charge >= 0.3 is 0 Å². The van der Waals surface area contributed by atoms with E-state index in [2.05, 4.69) is 15.9 Å². The minimum absolute atomic E-state index is 0.237. The quantitative estimate of drug-likeness (QED) is 0.588. The molecule has 15 heavy (non-hydrogen) atoms. The van der Waals surface area contributed by atoms with Crippen LogP contribution in [0, 0.1) is 5.82 Å². The minimum Gasteiger partial charge on any atom is -0.382 e. The molecule has 0 saturated carbocycles. The van der Waals surface area contributed by atoms with Gasteiger partial charge in [0.1, 0.15) is 5.82 Å². The number of hydrogen-bond acceptors (Lipinski definition) is 2. The third-order valence-electron chi connectivity index (χ3n) is 2.00. The normalized spacial score (nSPS) is 12.7. The summed E-state index contributed by atoms with van der Waals surface area (Å²) in [5.41, 5.74) is 0.575. The Hall–Kier alpha value is -0.450. The second kappa shape index (κ2) is 6.93. The zero-order valence-electron chi connectivity index (χ0n) is 8.58. The van der Waals surface area contributed by atoms with Crippen LogP contribution in [0.15, 0.2) is 24.3 Å². The van der Waals surface area contributed by atoms with Gasteiger partial charge in [0, 0.05) is 18.0 Å². The summed E-state index contributed by atoms with van der Waals surface area (Å²) in [4.78, 5) is 0. The van der Waals surface area contributed by atoms with Crippen molar-refractivity contribution in [3.8, 4) is 0 Å². The largest absolute Gasteiger partial charge is 0.382 e. The van der Waals surface area contributed by atoms with Crippen LogP contribution < -0.4 is 0 Å². The fraction of sp³-hybridized carbons (Fsp3) is 0.455. The predicted octanol–water partition coefficient (Wildman–Crippen LogP) is 2.92. The van der Waals surface area contributed by atoms with Gasteiger partial charge in [0.15, 0.2) is 0 Å². The van der Waals surface area contributed by atoms with Gasteiger partial charge in [-0.2, -0.15) is 0 Å². The monoisotopic (exact) mass is 276 g/mol. The lowest BCUT2D eigenvalue weighted by Crippen LogP contribution is -2.11. The smallest absolute Gasteiger partial charge is 0.129 e. The highest BCUT2D eigenvalue weighted by atomic mass is 79.9. The van der Waals surface area contributed by atoms with Gasteiger partial charge in [-0.3, -0.25) is 0 Å². The molecule has 0 heterocycles.